The SMILES string of the molecule is CC(Nc1cccc(N2CCCC2=O)c1)C(=O)Nc1sc2c(c1C#N)CCCCC2. The number of thiophene rings is 1. The third kappa shape index (κ3) is 4.19. The van der Waals surface area contributed by atoms with Crippen molar-refractivity contribution in [2.75, 3.05) is 22.1 Å². The number of hydrogen-bond donors (Lipinski definition) is 2. The van der Waals surface area contributed by atoms with E-state index in [2.05, 4.69) is 16.7 Å². The average Bonchev–Trinajstić information content (AvgIpc) is 3.23. The van der Waals surface area contributed by atoms with E-state index in [1.54, 1.807) is 23.2 Å². The van der Waals surface area contributed by atoms with Crippen molar-refractivity contribution in [2.45, 2.75) is 57.9 Å². The Labute approximate surface area is 180 Å². The highest BCUT2D eigenvalue weighted by molar-refractivity contribution is 7.16. The Morgan fingerprint density at radius 2 is 2.03 bits per heavy atom. The fourth-order valence-electron chi connectivity index (χ4n) is 4.17. The Morgan fingerprint density at radius 3 is 2.80 bits per heavy atom. The Morgan fingerprint density at radius 1 is 1.20 bits per heavy atom. The van der Waals surface area contributed by atoms with Crippen LogP contribution in [-0.4, -0.2) is 24.4 Å². The smallest absolute Gasteiger partial charge is 0.247 e. The Kier molecular flexibility index (Phi) is 6.05. The second-order valence-corrected chi connectivity index (χ2v) is 9.04. The highest BCUT2D eigenvalue weighted by Gasteiger charge is 2.24. The third-order valence-electron chi connectivity index (χ3n) is 5.78. The fraction of sp³-hybridized carbons (Fsp3) is 0.435. The molecule has 0 bridgehead atoms. The first-order valence-corrected chi connectivity index (χ1v) is 11.4. The van der Waals surface area contributed by atoms with Crippen molar-refractivity contribution >= 4 is 39.5 Å². The number of nitriles is 1. The molecule has 6 nitrogen and oxygen atoms in total. The summed E-state index contributed by atoms with van der Waals surface area (Å²) in [7, 11) is 0. The van der Waals surface area contributed by atoms with Gasteiger partial charge in [0, 0.05) is 29.2 Å². The lowest BCUT2D eigenvalue weighted by molar-refractivity contribution is -0.117. The molecule has 1 aliphatic carbocycles. The van der Waals surface area contributed by atoms with Gasteiger partial charge in [0.2, 0.25) is 11.8 Å². The number of nitrogens with one attached hydrogen (secondary N) is 2. The number of aryl methyl sites for hydroxylation is 1. The van der Waals surface area contributed by atoms with Crippen LogP contribution in [0.2, 0.25) is 0 Å². The van der Waals surface area contributed by atoms with Crippen LogP contribution in [0.3, 0.4) is 0 Å². The maximum absolute atomic E-state index is 12.8. The van der Waals surface area contributed by atoms with Crippen molar-refractivity contribution in [3.05, 3.63) is 40.3 Å². The van der Waals surface area contributed by atoms with Crippen LogP contribution in [0.4, 0.5) is 16.4 Å². The van der Waals surface area contributed by atoms with Crippen molar-refractivity contribution in [3.8, 4) is 6.07 Å². The molecule has 1 saturated heterocycles. The van der Waals surface area contributed by atoms with Crippen molar-refractivity contribution < 1.29 is 9.59 Å². The van der Waals surface area contributed by atoms with E-state index in [-0.39, 0.29) is 11.8 Å². The standard InChI is InChI=1S/C23H26N4O2S/c1-15(25-16-7-5-8-17(13-16)27-12-6-11-21(27)28)22(29)26-23-19(14-24)18-9-3-2-4-10-20(18)30-23/h5,7-8,13,15,25H,2-4,6,9-12H2,1H3,(H,26,29). The predicted molar refractivity (Wildman–Crippen MR) is 120 cm³/mol. The van der Waals surface area contributed by atoms with Crippen LogP contribution in [-0.2, 0) is 22.4 Å². The minimum absolute atomic E-state index is 0.138. The minimum atomic E-state index is -0.483. The minimum Gasteiger partial charge on any atom is -0.374 e. The van der Waals surface area contributed by atoms with Gasteiger partial charge in [-0.3, -0.25) is 9.59 Å². The maximum Gasteiger partial charge on any atom is 0.247 e. The van der Waals surface area contributed by atoms with Crippen LogP contribution >= 0.6 is 11.3 Å². The van der Waals surface area contributed by atoms with Crippen LogP contribution in [0, 0.1) is 11.3 Å². The molecule has 1 aliphatic heterocycles. The van der Waals surface area contributed by atoms with Gasteiger partial charge in [0.25, 0.3) is 0 Å². The molecule has 1 fully saturated rings. The van der Waals surface area contributed by atoms with Gasteiger partial charge in [-0.1, -0.05) is 12.5 Å². The molecule has 7 heteroatoms. The quantitative estimate of drug-likeness (QED) is 0.697. The second-order valence-electron chi connectivity index (χ2n) is 7.93. The van der Waals surface area contributed by atoms with Crippen LogP contribution in [0.15, 0.2) is 24.3 Å². The second kappa shape index (κ2) is 8.88. The molecular weight excluding hydrogens is 396 g/mol. The highest BCUT2D eigenvalue weighted by Crippen LogP contribution is 2.37. The van der Waals surface area contributed by atoms with Crippen molar-refractivity contribution in [2.24, 2.45) is 0 Å². The molecule has 0 spiro atoms. The molecule has 2 N–H and O–H groups in total. The zero-order valence-corrected chi connectivity index (χ0v) is 18.0. The van der Waals surface area contributed by atoms with E-state index in [0.29, 0.717) is 17.0 Å². The zero-order chi connectivity index (χ0) is 21.1. The summed E-state index contributed by atoms with van der Waals surface area (Å²) in [6, 6.07) is 9.42. The Bertz CT molecular complexity index is 1010. The van der Waals surface area contributed by atoms with E-state index >= 15 is 0 Å². The lowest BCUT2D eigenvalue weighted by Gasteiger charge is -2.19. The van der Waals surface area contributed by atoms with E-state index < -0.39 is 6.04 Å². The summed E-state index contributed by atoms with van der Waals surface area (Å²) in [6.07, 6.45) is 6.79. The number of carbonyl (C=O) groups is 2. The van der Waals surface area contributed by atoms with Crippen molar-refractivity contribution in [3.63, 3.8) is 0 Å². The molecule has 0 radical (unpaired) electrons. The van der Waals surface area contributed by atoms with Gasteiger partial charge in [-0.05, 0) is 62.8 Å². The molecule has 2 aromatic rings. The third-order valence-corrected chi connectivity index (χ3v) is 6.98. The molecule has 1 aromatic heterocycles. The first-order chi connectivity index (χ1) is 14.6. The number of nitrogens with zero attached hydrogens (tertiary/aromatic N) is 2. The largest absolute Gasteiger partial charge is 0.374 e. The van der Waals surface area contributed by atoms with Crippen LogP contribution < -0.4 is 15.5 Å². The lowest BCUT2D eigenvalue weighted by atomic mass is 10.1. The molecule has 0 saturated carbocycles. The van der Waals surface area contributed by atoms with Gasteiger partial charge in [-0.15, -0.1) is 11.3 Å². The fourth-order valence-corrected chi connectivity index (χ4v) is 5.41. The maximum atomic E-state index is 12.8. The van der Waals surface area contributed by atoms with E-state index in [0.717, 1.165) is 55.6 Å². The number of carbonyl (C=O) groups excluding carboxylic acids is 2. The normalized spacial score (nSPS) is 17.1. The summed E-state index contributed by atoms with van der Waals surface area (Å²) in [6.45, 7) is 2.53. The van der Waals surface area contributed by atoms with Gasteiger partial charge in [-0.25, -0.2) is 0 Å². The molecule has 30 heavy (non-hydrogen) atoms. The van der Waals surface area contributed by atoms with Gasteiger partial charge in [0.05, 0.1) is 5.56 Å². The summed E-state index contributed by atoms with van der Waals surface area (Å²) >= 11 is 1.55. The Hall–Kier alpha value is -2.85. The van der Waals surface area contributed by atoms with Gasteiger partial charge in [0.15, 0.2) is 0 Å². The van der Waals surface area contributed by atoms with E-state index in [4.69, 9.17) is 0 Å². The topological polar surface area (TPSA) is 85.2 Å². The molecule has 1 aromatic carbocycles. The van der Waals surface area contributed by atoms with Gasteiger partial charge < -0.3 is 15.5 Å². The van der Waals surface area contributed by atoms with Crippen LogP contribution in [0.25, 0.3) is 0 Å². The molecule has 1 unspecified atom stereocenters. The van der Waals surface area contributed by atoms with Crippen LogP contribution in [0.1, 0.15) is 55.0 Å². The highest BCUT2D eigenvalue weighted by atomic mass is 32.1. The summed E-state index contributed by atoms with van der Waals surface area (Å²) in [5.41, 5.74) is 3.40. The first kappa shape index (κ1) is 20.4. The van der Waals surface area contributed by atoms with Crippen molar-refractivity contribution in [1.82, 2.24) is 0 Å². The van der Waals surface area contributed by atoms with Gasteiger partial charge in [-0.2, -0.15) is 5.26 Å². The summed E-state index contributed by atoms with van der Waals surface area (Å²) in [5.74, 6) is -0.0370. The molecule has 2 aliphatic rings. The number of amides is 2. The van der Waals surface area contributed by atoms with E-state index in [1.807, 2.05) is 24.3 Å². The number of fused-ring (bicyclic) bond motifs is 1. The molecule has 156 valence electrons. The molecule has 2 heterocycles. The van der Waals surface area contributed by atoms with Gasteiger partial charge in [0.1, 0.15) is 17.1 Å². The Balaban J connectivity index is 1.45. The van der Waals surface area contributed by atoms with E-state index in [1.165, 1.54) is 11.3 Å². The average molecular weight is 423 g/mol. The number of hydrogen-bond acceptors (Lipinski definition) is 5. The molecule has 4 rings (SSSR count). The molecular formula is C23H26N4O2S. The summed E-state index contributed by atoms with van der Waals surface area (Å²) in [5, 5.41) is 16.5. The zero-order valence-electron chi connectivity index (χ0n) is 17.2. The number of anilines is 3. The predicted octanol–water partition coefficient (Wildman–Crippen LogP) is 4.45. The van der Waals surface area contributed by atoms with E-state index in [9.17, 15) is 14.9 Å². The van der Waals surface area contributed by atoms with Crippen LogP contribution in [0.5, 0.6) is 0 Å². The summed E-state index contributed by atoms with van der Waals surface area (Å²) in [4.78, 5) is 27.8. The molecule has 2 amide bonds. The van der Waals surface area contributed by atoms with Gasteiger partial charge >= 0.3 is 0 Å². The molecule has 1 atom stereocenters. The lowest BCUT2D eigenvalue weighted by Crippen LogP contribution is -2.32. The van der Waals surface area contributed by atoms with Crippen molar-refractivity contribution in [1.29, 1.82) is 5.26 Å². The monoisotopic (exact) mass is 422 g/mol. The first-order valence-electron chi connectivity index (χ1n) is 10.6. The number of rotatable bonds is 5. The number of benzene rings is 1. The summed E-state index contributed by atoms with van der Waals surface area (Å²) < 4.78 is 0.